The van der Waals surface area contributed by atoms with Gasteiger partial charge >= 0.3 is 0 Å². The molecule has 1 aromatic heterocycles. The first-order valence-corrected chi connectivity index (χ1v) is 4.76. The monoisotopic (exact) mass is 251 g/mol. The van der Waals surface area contributed by atoms with E-state index in [-0.39, 0.29) is 5.76 Å². The van der Waals surface area contributed by atoms with Crippen LogP contribution >= 0.6 is 15.9 Å². The highest BCUT2D eigenvalue weighted by molar-refractivity contribution is 9.10. The number of carbonyl (C=O) groups is 1. The third kappa shape index (κ3) is 1.61. The van der Waals surface area contributed by atoms with Gasteiger partial charge < -0.3 is 4.52 Å². The summed E-state index contributed by atoms with van der Waals surface area (Å²) in [5, 5.41) is 3.58. The second-order valence-corrected chi connectivity index (χ2v) is 3.65. The second-order valence-electron chi connectivity index (χ2n) is 2.73. The van der Waals surface area contributed by atoms with Crippen molar-refractivity contribution in [2.24, 2.45) is 0 Å². The van der Waals surface area contributed by atoms with Crippen LogP contribution in [0.15, 0.2) is 39.5 Å². The molecule has 2 aromatic rings. The second kappa shape index (κ2) is 3.75. The number of aldehydes is 1. The number of hydrogen-bond acceptors (Lipinski definition) is 3. The van der Waals surface area contributed by atoms with Crippen LogP contribution in [0.1, 0.15) is 10.6 Å². The summed E-state index contributed by atoms with van der Waals surface area (Å²) < 4.78 is 5.73. The lowest BCUT2D eigenvalue weighted by Crippen LogP contribution is -1.80. The third-order valence-electron chi connectivity index (χ3n) is 1.84. The zero-order valence-electron chi connectivity index (χ0n) is 7.11. The fraction of sp³-hybridized carbons (Fsp3) is 0. The number of carbonyl (C=O) groups excluding carboxylic acids is 1. The number of aromatic nitrogens is 1. The number of hydrogen-bond donors (Lipinski definition) is 0. The van der Waals surface area contributed by atoms with E-state index in [1.807, 2.05) is 24.3 Å². The summed E-state index contributed by atoms with van der Waals surface area (Å²) in [6.45, 7) is 0. The Morgan fingerprint density at radius 2 is 2.29 bits per heavy atom. The van der Waals surface area contributed by atoms with Crippen molar-refractivity contribution in [2.45, 2.75) is 0 Å². The fourth-order valence-corrected chi connectivity index (χ4v) is 1.61. The van der Waals surface area contributed by atoms with Crippen molar-refractivity contribution in [3.05, 3.63) is 40.7 Å². The van der Waals surface area contributed by atoms with Gasteiger partial charge in [-0.3, -0.25) is 4.79 Å². The van der Waals surface area contributed by atoms with E-state index in [1.165, 1.54) is 6.20 Å². The van der Waals surface area contributed by atoms with Gasteiger partial charge in [-0.2, -0.15) is 0 Å². The minimum absolute atomic E-state index is 0.253. The normalized spacial score (nSPS) is 10.1. The van der Waals surface area contributed by atoms with Gasteiger partial charge in [-0.25, -0.2) is 0 Å². The summed E-state index contributed by atoms with van der Waals surface area (Å²) >= 11 is 3.35. The first-order chi connectivity index (χ1) is 6.81. The van der Waals surface area contributed by atoms with E-state index in [0.29, 0.717) is 11.8 Å². The van der Waals surface area contributed by atoms with Crippen molar-refractivity contribution < 1.29 is 9.32 Å². The number of rotatable bonds is 2. The van der Waals surface area contributed by atoms with Crippen LogP contribution in [0.4, 0.5) is 0 Å². The molecule has 0 bridgehead atoms. The largest absolute Gasteiger partial charge is 0.353 e. The van der Waals surface area contributed by atoms with Gasteiger partial charge in [-0.1, -0.05) is 33.2 Å². The average Bonchev–Trinajstić information content (AvgIpc) is 2.65. The highest BCUT2D eigenvalue weighted by atomic mass is 79.9. The molecule has 0 spiro atoms. The zero-order chi connectivity index (χ0) is 9.97. The molecule has 4 heteroatoms. The summed E-state index contributed by atoms with van der Waals surface area (Å²) in [7, 11) is 0. The van der Waals surface area contributed by atoms with Crippen molar-refractivity contribution in [2.75, 3.05) is 0 Å². The smallest absolute Gasteiger partial charge is 0.207 e. The minimum atomic E-state index is 0.253. The lowest BCUT2D eigenvalue weighted by Gasteiger charge is -1.97. The maximum atomic E-state index is 10.6. The van der Waals surface area contributed by atoms with Gasteiger partial charge in [0.2, 0.25) is 5.76 Å². The Morgan fingerprint density at radius 3 is 3.00 bits per heavy atom. The van der Waals surface area contributed by atoms with Crippen molar-refractivity contribution in [3.8, 4) is 11.1 Å². The number of nitrogens with zero attached hydrogens (tertiary/aromatic N) is 1. The molecule has 1 aromatic carbocycles. The first-order valence-electron chi connectivity index (χ1n) is 3.97. The van der Waals surface area contributed by atoms with Crippen molar-refractivity contribution >= 4 is 22.2 Å². The highest BCUT2D eigenvalue weighted by Gasteiger charge is 2.08. The van der Waals surface area contributed by atoms with Crippen LogP contribution in [-0.4, -0.2) is 11.4 Å². The molecule has 0 radical (unpaired) electrons. The maximum Gasteiger partial charge on any atom is 0.207 e. The van der Waals surface area contributed by atoms with E-state index < -0.39 is 0 Å². The van der Waals surface area contributed by atoms with E-state index >= 15 is 0 Å². The van der Waals surface area contributed by atoms with Gasteiger partial charge in [0.15, 0.2) is 6.29 Å². The number of halogens is 1. The topological polar surface area (TPSA) is 43.1 Å². The molecule has 0 saturated heterocycles. The highest BCUT2D eigenvalue weighted by Crippen LogP contribution is 2.24. The van der Waals surface area contributed by atoms with E-state index in [0.717, 1.165) is 10.0 Å². The Hall–Kier alpha value is -1.42. The molecule has 0 aliphatic heterocycles. The van der Waals surface area contributed by atoms with Crippen LogP contribution in [0.3, 0.4) is 0 Å². The van der Waals surface area contributed by atoms with Gasteiger partial charge in [0.1, 0.15) is 0 Å². The summed E-state index contributed by atoms with van der Waals surface area (Å²) in [5.41, 5.74) is 1.61. The van der Waals surface area contributed by atoms with Crippen LogP contribution in [-0.2, 0) is 0 Å². The summed E-state index contributed by atoms with van der Waals surface area (Å²) in [4.78, 5) is 10.6. The minimum Gasteiger partial charge on any atom is -0.353 e. The molecule has 0 unspecified atom stereocenters. The molecule has 2 rings (SSSR count). The Bertz CT molecular complexity index is 465. The Labute approximate surface area is 88.8 Å². The molecule has 0 aliphatic rings. The molecule has 0 saturated carbocycles. The fourth-order valence-electron chi connectivity index (χ4n) is 1.21. The van der Waals surface area contributed by atoms with Gasteiger partial charge in [0, 0.05) is 4.47 Å². The van der Waals surface area contributed by atoms with E-state index in [4.69, 9.17) is 4.52 Å². The Balaban J connectivity index is 2.54. The molecule has 3 nitrogen and oxygen atoms in total. The molecular weight excluding hydrogens is 246 g/mol. The summed E-state index contributed by atoms with van der Waals surface area (Å²) in [6.07, 6.45) is 2.19. The molecule has 0 amide bonds. The van der Waals surface area contributed by atoms with Crippen molar-refractivity contribution in [1.29, 1.82) is 0 Å². The maximum absolute atomic E-state index is 10.6. The molecule has 70 valence electrons. The lowest BCUT2D eigenvalue weighted by atomic mass is 10.1. The molecule has 14 heavy (non-hydrogen) atoms. The third-order valence-corrected chi connectivity index (χ3v) is 2.33. The molecule has 0 fully saturated rings. The van der Waals surface area contributed by atoms with E-state index in [1.54, 1.807) is 0 Å². The molecule has 0 atom stereocenters. The van der Waals surface area contributed by atoms with Gasteiger partial charge in [-0.15, -0.1) is 0 Å². The quantitative estimate of drug-likeness (QED) is 0.771. The summed E-state index contributed by atoms with van der Waals surface area (Å²) in [6, 6.07) is 7.60. The van der Waals surface area contributed by atoms with Crippen LogP contribution in [0, 0.1) is 0 Å². The number of benzene rings is 1. The molecule has 1 heterocycles. The van der Waals surface area contributed by atoms with E-state index in [9.17, 15) is 4.79 Å². The van der Waals surface area contributed by atoms with Gasteiger partial charge in [-0.05, 0) is 17.7 Å². The molecule has 0 N–H and O–H groups in total. The zero-order valence-corrected chi connectivity index (χ0v) is 8.69. The predicted molar refractivity (Wildman–Crippen MR) is 55.0 cm³/mol. The Kier molecular flexibility index (Phi) is 2.45. The average molecular weight is 252 g/mol. The summed E-state index contributed by atoms with van der Waals surface area (Å²) in [5.74, 6) is 0.253. The van der Waals surface area contributed by atoms with Crippen LogP contribution < -0.4 is 0 Å². The Morgan fingerprint density at radius 1 is 1.43 bits per heavy atom. The lowest BCUT2D eigenvalue weighted by molar-refractivity contribution is 0.109. The van der Waals surface area contributed by atoms with Crippen molar-refractivity contribution in [3.63, 3.8) is 0 Å². The standard InChI is InChI=1S/C10H6BrNO2/c11-8-3-1-2-7(4-8)9-5-12-14-10(9)6-13/h1-6H. The van der Waals surface area contributed by atoms with Crippen LogP contribution in [0.2, 0.25) is 0 Å². The van der Waals surface area contributed by atoms with Crippen LogP contribution in [0.5, 0.6) is 0 Å². The molecule has 0 aliphatic carbocycles. The van der Waals surface area contributed by atoms with Gasteiger partial charge in [0.25, 0.3) is 0 Å². The van der Waals surface area contributed by atoms with Crippen LogP contribution in [0.25, 0.3) is 11.1 Å². The van der Waals surface area contributed by atoms with Gasteiger partial charge in [0.05, 0.1) is 11.8 Å². The molecular formula is C10H6BrNO2. The predicted octanol–water partition coefficient (Wildman–Crippen LogP) is 2.92. The van der Waals surface area contributed by atoms with Crippen molar-refractivity contribution in [1.82, 2.24) is 5.16 Å². The van der Waals surface area contributed by atoms with E-state index in [2.05, 4.69) is 21.1 Å². The SMILES string of the molecule is O=Cc1oncc1-c1cccc(Br)c1. The first kappa shape index (κ1) is 9.15.